The van der Waals surface area contributed by atoms with Gasteiger partial charge in [-0.2, -0.15) is 0 Å². The summed E-state index contributed by atoms with van der Waals surface area (Å²) >= 11 is 4.87. The van der Waals surface area contributed by atoms with Crippen LogP contribution in [0.5, 0.6) is 0 Å². The lowest BCUT2D eigenvalue weighted by Crippen LogP contribution is -1.92. The second kappa shape index (κ2) is 2.31. The minimum Gasteiger partial charge on any atom is -0.385 e. The van der Waals surface area contributed by atoms with Gasteiger partial charge in [-0.25, -0.2) is 4.98 Å². The predicted molar refractivity (Wildman–Crippen MR) is 50.4 cm³/mol. The highest BCUT2D eigenvalue weighted by molar-refractivity contribution is 7.71. The topological polar surface area (TPSA) is 70.5 Å². The fraction of sp³-hybridized carbons (Fsp3) is 0.143. The van der Waals surface area contributed by atoms with Crippen LogP contribution in [0.4, 0.5) is 5.82 Å². The van der Waals surface area contributed by atoms with E-state index in [9.17, 15) is 0 Å². The van der Waals surface area contributed by atoms with Gasteiger partial charge in [0, 0.05) is 5.69 Å². The molecular formula is C7H8N4S. The van der Waals surface area contributed by atoms with Gasteiger partial charge in [-0.05, 0) is 25.2 Å². The van der Waals surface area contributed by atoms with E-state index < -0.39 is 0 Å². The van der Waals surface area contributed by atoms with E-state index in [1.54, 1.807) is 0 Å². The first-order valence-corrected chi connectivity index (χ1v) is 3.93. The van der Waals surface area contributed by atoms with Crippen LogP contribution >= 0.6 is 12.2 Å². The molecular weight excluding hydrogens is 172 g/mol. The molecule has 0 saturated heterocycles. The molecule has 0 fully saturated rings. The molecule has 4 nitrogen and oxygen atoms in total. The van der Waals surface area contributed by atoms with Crippen LogP contribution in [0.2, 0.25) is 0 Å². The molecule has 0 saturated carbocycles. The van der Waals surface area contributed by atoms with Gasteiger partial charge in [0.05, 0.1) is 5.39 Å². The van der Waals surface area contributed by atoms with E-state index in [4.69, 9.17) is 18.0 Å². The summed E-state index contributed by atoms with van der Waals surface area (Å²) in [4.78, 5) is 9.93. The highest BCUT2D eigenvalue weighted by Crippen LogP contribution is 2.16. The Balaban J connectivity index is 2.97. The van der Waals surface area contributed by atoms with Crippen molar-refractivity contribution in [2.24, 2.45) is 0 Å². The maximum absolute atomic E-state index is 5.69. The molecule has 0 aliphatic heterocycles. The summed E-state index contributed by atoms with van der Waals surface area (Å²) in [5.74, 6) is 0.564. The summed E-state index contributed by atoms with van der Waals surface area (Å²) in [6.45, 7) is 1.95. The first kappa shape index (κ1) is 7.30. The highest BCUT2D eigenvalue weighted by Gasteiger charge is 2.01. The molecule has 0 radical (unpaired) electrons. The van der Waals surface area contributed by atoms with E-state index in [2.05, 4.69) is 15.0 Å². The first-order valence-electron chi connectivity index (χ1n) is 3.52. The number of aromatic nitrogens is 3. The summed E-state index contributed by atoms with van der Waals surface area (Å²) in [6, 6.07) is 1.93. The first-order chi connectivity index (χ1) is 5.66. The molecule has 2 heterocycles. The third-order valence-electron chi connectivity index (χ3n) is 1.68. The van der Waals surface area contributed by atoms with Crippen LogP contribution < -0.4 is 5.73 Å². The molecule has 0 aliphatic carbocycles. The molecule has 12 heavy (non-hydrogen) atoms. The van der Waals surface area contributed by atoms with Crippen LogP contribution in [0.3, 0.4) is 0 Å². The Morgan fingerprint density at radius 2 is 2.25 bits per heavy atom. The number of hydrogen-bond acceptors (Lipinski definition) is 3. The van der Waals surface area contributed by atoms with Crippen molar-refractivity contribution >= 4 is 29.1 Å². The standard InChI is InChI=1S/C7H8N4S/c1-3-2-4-5(8)10-7(12)11-6(4)9-3/h2H,1H3,(H4,8,9,10,11,12). The molecule has 0 amide bonds. The van der Waals surface area contributed by atoms with Crippen molar-refractivity contribution in [3.05, 3.63) is 16.5 Å². The second-order valence-electron chi connectivity index (χ2n) is 2.67. The lowest BCUT2D eigenvalue weighted by molar-refractivity contribution is 1.16. The molecule has 0 bridgehead atoms. The van der Waals surface area contributed by atoms with Crippen molar-refractivity contribution in [3.8, 4) is 0 Å². The van der Waals surface area contributed by atoms with Gasteiger partial charge in [0.25, 0.3) is 0 Å². The smallest absolute Gasteiger partial charge is 0.200 e. The second-order valence-corrected chi connectivity index (χ2v) is 3.06. The number of rotatable bonds is 0. The number of hydrogen-bond donors (Lipinski definition) is 3. The average Bonchev–Trinajstić information content (AvgIpc) is 2.29. The molecule has 2 aromatic heterocycles. The van der Waals surface area contributed by atoms with Crippen molar-refractivity contribution in [2.75, 3.05) is 5.73 Å². The molecule has 4 N–H and O–H groups in total. The highest BCUT2D eigenvalue weighted by atomic mass is 32.1. The van der Waals surface area contributed by atoms with Crippen LogP contribution in [0.25, 0.3) is 11.0 Å². The largest absolute Gasteiger partial charge is 0.385 e. The molecule has 0 unspecified atom stereocenters. The minimum absolute atomic E-state index is 0.404. The van der Waals surface area contributed by atoms with Crippen molar-refractivity contribution in [3.63, 3.8) is 0 Å². The van der Waals surface area contributed by atoms with Gasteiger partial charge >= 0.3 is 0 Å². The molecule has 5 heteroatoms. The summed E-state index contributed by atoms with van der Waals surface area (Å²) in [6.07, 6.45) is 0. The Bertz CT molecular complexity index is 482. The lowest BCUT2D eigenvalue weighted by atomic mass is 10.3. The number of nitrogens with two attached hydrogens (primary N) is 1. The van der Waals surface area contributed by atoms with E-state index in [1.165, 1.54) is 0 Å². The van der Waals surface area contributed by atoms with Gasteiger partial charge in [0.1, 0.15) is 11.5 Å². The van der Waals surface area contributed by atoms with Crippen LogP contribution in [0.15, 0.2) is 6.07 Å². The van der Waals surface area contributed by atoms with Gasteiger partial charge < -0.3 is 15.7 Å². The fourth-order valence-corrected chi connectivity index (χ4v) is 1.38. The monoisotopic (exact) mass is 180 g/mol. The van der Waals surface area contributed by atoms with Crippen LogP contribution in [-0.4, -0.2) is 15.0 Å². The Labute approximate surface area is 73.8 Å². The molecule has 0 spiro atoms. The Hall–Kier alpha value is -1.36. The van der Waals surface area contributed by atoms with Gasteiger partial charge in [0.2, 0.25) is 0 Å². The Kier molecular flexibility index (Phi) is 1.41. The van der Waals surface area contributed by atoms with E-state index in [0.29, 0.717) is 10.6 Å². The van der Waals surface area contributed by atoms with Crippen molar-refractivity contribution in [1.29, 1.82) is 0 Å². The zero-order valence-corrected chi connectivity index (χ0v) is 7.33. The molecule has 0 atom stereocenters. The van der Waals surface area contributed by atoms with Crippen LogP contribution in [0, 0.1) is 11.7 Å². The van der Waals surface area contributed by atoms with Crippen molar-refractivity contribution in [2.45, 2.75) is 6.92 Å². The molecule has 62 valence electrons. The quantitative estimate of drug-likeness (QED) is 0.538. The number of H-pyrrole nitrogens is 2. The third kappa shape index (κ3) is 0.984. The lowest BCUT2D eigenvalue weighted by Gasteiger charge is -1.93. The van der Waals surface area contributed by atoms with Crippen molar-refractivity contribution < 1.29 is 0 Å². The third-order valence-corrected chi connectivity index (χ3v) is 1.87. The number of nitrogen functional groups attached to an aromatic ring is 1. The van der Waals surface area contributed by atoms with Gasteiger partial charge in [-0.3, -0.25) is 0 Å². The number of fused-ring (bicyclic) bond motifs is 1. The summed E-state index contributed by atoms with van der Waals surface area (Å²) in [5.41, 5.74) is 7.46. The molecule has 2 rings (SSSR count). The zero-order valence-electron chi connectivity index (χ0n) is 6.51. The zero-order chi connectivity index (χ0) is 8.72. The van der Waals surface area contributed by atoms with Gasteiger partial charge in [-0.15, -0.1) is 0 Å². The molecule has 2 aromatic rings. The predicted octanol–water partition coefficient (Wildman–Crippen LogP) is 1.51. The normalized spacial score (nSPS) is 10.8. The van der Waals surface area contributed by atoms with E-state index in [0.717, 1.165) is 16.7 Å². The number of nitrogens with zero attached hydrogens (tertiary/aromatic N) is 1. The van der Waals surface area contributed by atoms with Gasteiger partial charge in [0.15, 0.2) is 4.77 Å². The number of aromatic amines is 2. The van der Waals surface area contributed by atoms with Crippen molar-refractivity contribution in [1.82, 2.24) is 15.0 Å². The maximum Gasteiger partial charge on any atom is 0.200 e. The number of anilines is 1. The summed E-state index contributed by atoms with van der Waals surface area (Å²) in [7, 11) is 0. The van der Waals surface area contributed by atoms with E-state index in [-0.39, 0.29) is 0 Å². The summed E-state index contributed by atoms with van der Waals surface area (Å²) in [5, 5.41) is 0.890. The Morgan fingerprint density at radius 1 is 1.50 bits per heavy atom. The molecule has 0 aromatic carbocycles. The van der Waals surface area contributed by atoms with Gasteiger partial charge in [-0.1, -0.05) is 0 Å². The van der Waals surface area contributed by atoms with E-state index >= 15 is 0 Å². The minimum atomic E-state index is 0.404. The number of nitrogens with one attached hydrogen (secondary N) is 2. The Morgan fingerprint density at radius 3 is 3.00 bits per heavy atom. The van der Waals surface area contributed by atoms with Crippen LogP contribution in [-0.2, 0) is 0 Å². The SMILES string of the molecule is Cc1cc2c(N)[nH]c(=S)nc2[nH]1. The number of aryl methyl sites for hydroxylation is 1. The average molecular weight is 180 g/mol. The van der Waals surface area contributed by atoms with Crippen LogP contribution in [0.1, 0.15) is 5.69 Å². The fourth-order valence-electron chi connectivity index (χ4n) is 1.18. The molecule has 0 aliphatic rings. The summed E-state index contributed by atoms with van der Waals surface area (Å²) < 4.78 is 0.404. The van der Waals surface area contributed by atoms with E-state index in [1.807, 2.05) is 13.0 Å². The maximum atomic E-state index is 5.69.